The number of hydrogen-bond donors (Lipinski definition) is 4. The third-order valence-electron chi connectivity index (χ3n) is 6.64. The fourth-order valence-electron chi connectivity index (χ4n) is 4.26. The number of carbonyl (C=O) groups is 3. The Bertz CT molecular complexity index is 729. The van der Waals surface area contributed by atoms with E-state index in [0.717, 1.165) is 63.5 Å². The molecule has 230 valence electrons. The van der Waals surface area contributed by atoms with Crippen LogP contribution in [0.3, 0.4) is 0 Å². The molecule has 0 aromatic heterocycles. The van der Waals surface area contributed by atoms with Crippen molar-refractivity contribution < 1.29 is 29.3 Å². The monoisotopic (exact) mass is 564 g/mol. The Morgan fingerprint density at radius 2 is 1.00 bits per heavy atom. The predicted octanol–water partition coefficient (Wildman–Crippen LogP) is 7.83. The molecule has 0 saturated carbocycles. The molecule has 0 aliphatic rings. The standard InChI is InChI=1S/C20H31NO4.C12H25NO2/c22-19(23)15-11-6-4-2-1-3-5-7-12-16-21-20(24)25-17-18-13-9-8-10-14-18;13-11-9-7-5-3-1-2-4-6-8-10-12(14)15/h8-10,13-14H,1-7,11-12,15-17H2,(H,21,24)(H,22,23);1-11,13H2,(H,14,15). The molecule has 0 aliphatic carbocycles. The van der Waals surface area contributed by atoms with Crippen LogP contribution in [0.15, 0.2) is 30.3 Å². The minimum Gasteiger partial charge on any atom is -0.481 e. The molecule has 1 aromatic carbocycles. The quantitative estimate of drug-likeness (QED) is 0.0887. The summed E-state index contributed by atoms with van der Waals surface area (Å²) in [4.78, 5) is 32.1. The maximum Gasteiger partial charge on any atom is 0.407 e. The Morgan fingerprint density at radius 3 is 1.43 bits per heavy atom. The number of ether oxygens (including phenoxy) is 1. The van der Waals surface area contributed by atoms with Crippen molar-refractivity contribution in [1.82, 2.24) is 5.32 Å². The number of nitrogens with one attached hydrogen (secondary N) is 1. The molecule has 0 heterocycles. The first-order valence-electron chi connectivity index (χ1n) is 15.5. The van der Waals surface area contributed by atoms with Crippen LogP contribution in [0.25, 0.3) is 0 Å². The molecular weight excluding hydrogens is 508 g/mol. The molecule has 8 heteroatoms. The van der Waals surface area contributed by atoms with Crippen LogP contribution in [-0.2, 0) is 20.9 Å². The molecule has 5 N–H and O–H groups in total. The van der Waals surface area contributed by atoms with Gasteiger partial charge in [0, 0.05) is 19.4 Å². The Kier molecular flexibility index (Phi) is 27.5. The van der Waals surface area contributed by atoms with E-state index in [9.17, 15) is 14.4 Å². The first-order valence-corrected chi connectivity index (χ1v) is 15.5. The van der Waals surface area contributed by atoms with Crippen molar-refractivity contribution in [3.05, 3.63) is 35.9 Å². The van der Waals surface area contributed by atoms with Gasteiger partial charge in [-0.2, -0.15) is 0 Å². The normalized spacial score (nSPS) is 10.4. The smallest absolute Gasteiger partial charge is 0.407 e. The fourth-order valence-corrected chi connectivity index (χ4v) is 4.26. The molecule has 0 saturated heterocycles. The van der Waals surface area contributed by atoms with Gasteiger partial charge < -0.3 is 26.0 Å². The van der Waals surface area contributed by atoms with E-state index in [0.29, 0.717) is 26.0 Å². The largest absolute Gasteiger partial charge is 0.481 e. The van der Waals surface area contributed by atoms with Crippen LogP contribution in [0, 0.1) is 0 Å². The number of carboxylic acid groups (broad SMARTS) is 2. The lowest BCUT2D eigenvalue weighted by Crippen LogP contribution is -2.25. The van der Waals surface area contributed by atoms with Gasteiger partial charge in [-0.15, -0.1) is 0 Å². The van der Waals surface area contributed by atoms with Gasteiger partial charge in [0.25, 0.3) is 0 Å². The van der Waals surface area contributed by atoms with E-state index in [1.165, 1.54) is 64.2 Å². The number of alkyl carbamates (subject to hydrolysis) is 1. The molecule has 0 bridgehead atoms. The van der Waals surface area contributed by atoms with Crippen LogP contribution in [0.2, 0.25) is 0 Å². The van der Waals surface area contributed by atoms with E-state index in [2.05, 4.69) is 5.32 Å². The average molecular weight is 565 g/mol. The van der Waals surface area contributed by atoms with Crippen LogP contribution in [0.1, 0.15) is 134 Å². The van der Waals surface area contributed by atoms with Crippen molar-refractivity contribution in [1.29, 1.82) is 0 Å². The average Bonchev–Trinajstić information content (AvgIpc) is 2.94. The third kappa shape index (κ3) is 29.9. The molecule has 0 fully saturated rings. The lowest BCUT2D eigenvalue weighted by Gasteiger charge is -2.07. The Balaban J connectivity index is 0.000000868. The number of carboxylic acids is 2. The summed E-state index contributed by atoms with van der Waals surface area (Å²) >= 11 is 0. The first kappa shape index (κ1) is 37.4. The summed E-state index contributed by atoms with van der Waals surface area (Å²) in [6.07, 6.45) is 20.7. The molecule has 0 spiro atoms. The number of benzene rings is 1. The van der Waals surface area contributed by atoms with Crippen molar-refractivity contribution >= 4 is 18.0 Å². The van der Waals surface area contributed by atoms with Crippen molar-refractivity contribution in [3.8, 4) is 0 Å². The van der Waals surface area contributed by atoms with Crippen LogP contribution < -0.4 is 11.1 Å². The van der Waals surface area contributed by atoms with E-state index < -0.39 is 11.9 Å². The summed E-state index contributed by atoms with van der Waals surface area (Å²) < 4.78 is 5.15. The Morgan fingerprint density at radius 1 is 0.600 bits per heavy atom. The summed E-state index contributed by atoms with van der Waals surface area (Å²) in [5, 5.41) is 19.7. The third-order valence-corrected chi connectivity index (χ3v) is 6.64. The SMILES string of the molecule is NCCCCCCCCCCCC(=O)O.O=C(O)CCCCCCCCCCCNC(=O)OCc1ccccc1. The molecule has 0 atom stereocenters. The molecule has 40 heavy (non-hydrogen) atoms. The van der Waals surface area contributed by atoms with E-state index in [1.807, 2.05) is 30.3 Å². The number of rotatable bonds is 25. The van der Waals surface area contributed by atoms with E-state index in [1.54, 1.807) is 0 Å². The van der Waals surface area contributed by atoms with Gasteiger partial charge >= 0.3 is 18.0 Å². The van der Waals surface area contributed by atoms with Gasteiger partial charge in [0.2, 0.25) is 0 Å². The Hall–Kier alpha value is -2.61. The molecule has 0 aliphatic heterocycles. The molecule has 1 amide bonds. The lowest BCUT2D eigenvalue weighted by atomic mass is 10.1. The highest BCUT2D eigenvalue weighted by atomic mass is 16.5. The lowest BCUT2D eigenvalue weighted by molar-refractivity contribution is -0.138. The molecular formula is C32H56N2O6. The minimum absolute atomic E-state index is 0.292. The van der Waals surface area contributed by atoms with Crippen LogP contribution in [0.4, 0.5) is 4.79 Å². The van der Waals surface area contributed by atoms with Gasteiger partial charge in [0.05, 0.1) is 0 Å². The highest BCUT2D eigenvalue weighted by Crippen LogP contribution is 2.11. The van der Waals surface area contributed by atoms with Crippen LogP contribution >= 0.6 is 0 Å². The van der Waals surface area contributed by atoms with Gasteiger partial charge in [-0.3, -0.25) is 9.59 Å². The van der Waals surface area contributed by atoms with Gasteiger partial charge in [0.1, 0.15) is 6.61 Å². The second kappa shape index (κ2) is 29.4. The molecule has 8 nitrogen and oxygen atoms in total. The van der Waals surface area contributed by atoms with Crippen LogP contribution in [-0.4, -0.2) is 41.3 Å². The van der Waals surface area contributed by atoms with Crippen molar-refractivity contribution in [3.63, 3.8) is 0 Å². The zero-order valence-corrected chi connectivity index (χ0v) is 24.8. The van der Waals surface area contributed by atoms with Crippen molar-refractivity contribution in [2.75, 3.05) is 13.1 Å². The zero-order chi connectivity index (χ0) is 29.5. The van der Waals surface area contributed by atoms with E-state index >= 15 is 0 Å². The van der Waals surface area contributed by atoms with Gasteiger partial charge in [-0.25, -0.2) is 4.79 Å². The number of nitrogens with two attached hydrogens (primary N) is 1. The summed E-state index contributed by atoms with van der Waals surface area (Å²) in [7, 11) is 0. The first-order chi connectivity index (χ1) is 19.5. The number of hydrogen-bond acceptors (Lipinski definition) is 5. The van der Waals surface area contributed by atoms with E-state index in [4.69, 9.17) is 20.7 Å². The summed E-state index contributed by atoms with van der Waals surface area (Å²) in [5.41, 5.74) is 6.39. The fraction of sp³-hybridized carbons (Fsp3) is 0.719. The molecule has 1 rings (SSSR count). The van der Waals surface area contributed by atoms with Gasteiger partial charge in [0.15, 0.2) is 0 Å². The maximum absolute atomic E-state index is 11.5. The topological polar surface area (TPSA) is 139 Å². The number of amides is 1. The van der Waals surface area contributed by atoms with Gasteiger partial charge in [-0.1, -0.05) is 120 Å². The number of unbranched alkanes of at least 4 members (excludes halogenated alkanes) is 16. The number of carbonyl (C=O) groups excluding carboxylic acids is 1. The van der Waals surface area contributed by atoms with Crippen molar-refractivity contribution in [2.24, 2.45) is 5.73 Å². The highest BCUT2D eigenvalue weighted by Gasteiger charge is 2.02. The predicted molar refractivity (Wildman–Crippen MR) is 161 cm³/mol. The second-order valence-electron chi connectivity index (χ2n) is 10.4. The summed E-state index contributed by atoms with van der Waals surface area (Å²) in [5.74, 6) is -1.37. The molecule has 0 unspecified atom stereocenters. The van der Waals surface area contributed by atoms with Crippen LogP contribution in [0.5, 0.6) is 0 Å². The summed E-state index contributed by atoms with van der Waals surface area (Å²) in [6.45, 7) is 1.77. The van der Waals surface area contributed by atoms with Gasteiger partial charge in [-0.05, 0) is 37.8 Å². The number of aliphatic carboxylic acids is 2. The highest BCUT2D eigenvalue weighted by molar-refractivity contribution is 5.67. The second-order valence-corrected chi connectivity index (χ2v) is 10.4. The van der Waals surface area contributed by atoms with Crippen molar-refractivity contribution in [2.45, 2.75) is 135 Å². The Labute approximate surface area is 242 Å². The molecule has 0 radical (unpaired) electrons. The molecule has 1 aromatic rings. The minimum atomic E-state index is -0.697. The zero-order valence-electron chi connectivity index (χ0n) is 24.8. The van der Waals surface area contributed by atoms with E-state index in [-0.39, 0.29) is 6.09 Å². The summed E-state index contributed by atoms with van der Waals surface area (Å²) in [6, 6.07) is 9.64. The maximum atomic E-state index is 11.5.